The highest BCUT2D eigenvalue weighted by atomic mass is 79.9. The lowest BCUT2D eigenvalue weighted by atomic mass is 10.2. The van der Waals surface area contributed by atoms with Crippen molar-refractivity contribution in [3.63, 3.8) is 0 Å². The number of nitrogen functional groups attached to an aromatic ring is 1. The predicted molar refractivity (Wildman–Crippen MR) is 82.5 cm³/mol. The van der Waals surface area contributed by atoms with Crippen LogP contribution in [0, 0.1) is 5.41 Å². The van der Waals surface area contributed by atoms with Gasteiger partial charge in [0.05, 0.1) is 12.7 Å². The minimum Gasteiger partial charge on any atom is -0.497 e. The molecule has 5 heteroatoms. The molecule has 3 N–H and O–H groups in total. The summed E-state index contributed by atoms with van der Waals surface area (Å²) >= 11 is 3.38. The van der Waals surface area contributed by atoms with Gasteiger partial charge in [0.2, 0.25) is 0 Å². The first-order valence-electron chi connectivity index (χ1n) is 6.00. The number of hydrogen-bond acceptors (Lipinski definition) is 3. The second-order valence-electron chi connectivity index (χ2n) is 4.19. The Hall–Kier alpha value is -2.01. The Bertz CT molecular complexity index is 612. The normalized spacial score (nSPS) is 10.1. The molecular weight excluding hydrogens is 320 g/mol. The van der Waals surface area contributed by atoms with E-state index >= 15 is 0 Å². The Morgan fingerprint density at radius 2 is 1.90 bits per heavy atom. The number of benzene rings is 2. The van der Waals surface area contributed by atoms with E-state index in [4.69, 9.17) is 20.6 Å². The third-order valence-electron chi connectivity index (χ3n) is 2.79. The van der Waals surface area contributed by atoms with Crippen molar-refractivity contribution in [1.82, 2.24) is 0 Å². The van der Waals surface area contributed by atoms with Gasteiger partial charge in [0.15, 0.2) is 0 Å². The lowest BCUT2D eigenvalue weighted by Crippen LogP contribution is -2.13. The Kier molecular flexibility index (Phi) is 4.63. The molecule has 0 spiro atoms. The number of rotatable bonds is 5. The molecule has 0 radical (unpaired) electrons. The first-order chi connectivity index (χ1) is 9.60. The summed E-state index contributed by atoms with van der Waals surface area (Å²) in [4.78, 5) is 0. The molecule has 0 unspecified atom stereocenters. The molecule has 0 saturated heterocycles. The lowest BCUT2D eigenvalue weighted by Gasteiger charge is -2.11. The van der Waals surface area contributed by atoms with Gasteiger partial charge in [-0.1, -0.05) is 28.1 Å². The van der Waals surface area contributed by atoms with Crippen LogP contribution in [0.5, 0.6) is 11.5 Å². The van der Waals surface area contributed by atoms with Crippen LogP contribution in [-0.2, 0) is 6.61 Å². The molecule has 4 nitrogen and oxygen atoms in total. The molecule has 0 bridgehead atoms. The van der Waals surface area contributed by atoms with Crippen LogP contribution in [0.1, 0.15) is 11.1 Å². The summed E-state index contributed by atoms with van der Waals surface area (Å²) in [5, 5.41) is 7.55. The summed E-state index contributed by atoms with van der Waals surface area (Å²) in [5.74, 6) is 1.38. The van der Waals surface area contributed by atoms with Gasteiger partial charge in [0.25, 0.3) is 0 Å². The van der Waals surface area contributed by atoms with Crippen molar-refractivity contribution in [2.75, 3.05) is 7.11 Å². The Morgan fingerprint density at radius 3 is 2.50 bits per heavy atom. The SMILES string of the molecule is COc1ccc(COc2cc(Br)ccc2C(=N)N)cc1. The number of halogens is 1. The van der Waals surface area contributed by atoms with Crippen LogP contribution in [0.4, 0.5) is 0 Å². The van der Waals surface area contributed by atoms with Crippen LogP contribution in [0.15, 0.2) is 46.9 Å². The molecule has 0 heterocycles. The van der Waals surface area contributed by atoms with E-state index in [9.17, 15) is 0 Å². The maximum Gasteiger partial charge on any atom is 0.131 e. The maximum atomic E-state index is 7.55. The van der Waals surface area contributed by atoms with E-state index in [1.807, 2.05) is 30.3 Å². The average Bonchev–Trinajstić information content (AvgIpc) is 2.45. The standard InChI is InChI=1S/C15H15BrN2O2/c1-19-12-5-2-10(3-6-12)9-20-14-8-11(16)4-7-13(14)15(17)18/h2-8H,9H2,1H3,(H3,17,18). The van der Waals surface area contributed by atoms with E-state index in [-0.39, 0.29) is 5.84 Å². The molecule has 2 aromatic carbocycles. The number of nitrogens with two attached hydrogens (primary N) is 1. The largest absolute Gasteiger partial charge is 0.497 e. The van der Waals surface area contributed by atoms with Crippen LogP contribution < -0.4 is 15.2 Å². The molecule has 20 heavy (non-hydrogen) atoms. The molecule has 0 saturated carbocycles. The molecule has 2 aromatic rings. The molecule has 104 valence electrons. The zero-order valence-electron chi connectivity index (χ0n) is 11.0. The fraction of sp³-hybridized carbons (Fsp3) is 0.133. The number of amidine groups is 1. The topological polar surface area (TPSA) is 68.3 Å². The third-order valence-corrected chi connectivity index (χ3v) is 3.28. The fourth-order valence-electron chi connectivity index (χ4n) is 1.72. The number of nitrogens with one attached hydrogen (secondary N) is 1. The monoisotopic (exact) mass is 334 g/mol. The minimum absolute atomic E-state index is 0.0118. The summed E-state index contributed by atoms with van der Waals surface area (Å²) in [6, 6.07) is 13.0. The molecular formula is C15H15BrN2O2. The summed E-state index contributed by atoms with van der Waals surface area (Å²) in [5.41, 5.74) is 7.14. The highest BCUT2D eigenvalue weighted by Gasteiger charge is 2.07. The van der Waals surface area contributed by atoms with Crippen LogP contribution in [0.2, 0.25) is 0 Å². The molecule has 0 aliphatic carbocycles. The van der Waals surface area contributed by atoms with Gasteiger partial charge in [-0.25, -0.2) is 0 Å². The van der Waals surface area contributed by atoms with Gasteiger partial charge in [0, 0.05) is 4.47 Å². The Balaban J connectivity index is 2.13. The predicted octanol–water partition coefficient (Wildman–Crippen LogP) is 3.32. The second-order valence-corrected chi connectivity index (χ2v) is 5.11. The zero-order chi connectivity index (χ0) is 14.5. The van der Waals surface area contributed by atoms with Crippen molar-refractivity contribution in [1.29, 1.82) is 5.41 Å². The third kappa shape index (κ3) is 3.51. The molecule has 0 fully saturated rings. The summed E-state index contributed by atoms with van der Waals surface area (Å²) in [6.07, 6.45) is 0. The van der Waals surface area contributed by atoms with E-state index < -0.39 is 0 Å². The highest BCUT2D eigenvalue weighted by molar-refractivity contribution is 9.10. The lowest BCUT2D eigenvalue weighted by molar-refractivity contribution is 0.305. The fourth-order valence-corrected chi connectivity index (χ4v) is 2.06. The Morgan fingerprint density at radius 1 is 1.20 bits per heavy atom. The summed E-state index contributed by atoms with van der Waals surface area (Å²) < 4.78 is 11.7. The van der Waals surface area contributed by atoms with E-state index in [1.165, 1.54) is 0 Å². The maximum absolute atomic E-state index is 7.55. The van der Waals surface area contributed by atoms with Crippen LogP contribution in [0.3, 0.4) is 0 Å². The van der Waals surface area contributed by atoms with Crippen molar-refractivity contribution in [2.24, 2.45) is 5.73 Å². The van der Waals surface area contributed by atoms with E-state index in [1.54, 1.807) is 19.2 Å². The number of ether oxygens (including phenoxy) is 2. The molecule has 0 amide bonds. The van der Waals surface area contributed by atoms with Crippen molar-refractivity contribution < 1.29 is 9.47 Å². The summed E-state index contributed by atoms with van der Waals surface area (Å²) in [7, 11) is 1.63. The van der Waals surface area contributed by atoms with Crippen molar-refractivity contribution in [3.05, 3.63) is 58.1 Å². The van der Waals surface area contributed by atoms with Crippen LogP contribution in [0.25, 0.3) is 0 Å². The van der Waals surface area contributed by atoms with Crippen LogP contribution in [-0.4, -0.2) is 12.9 Å². The average molecular weight is 335 g/mol. The van der Waals surface area contributed by atoms with Gasteiger partial charge in [-0.2, -0.15) is 0 Å². The number of hydrogen-bond donors (Lipinski definition) is 2. The van der Waals surface area contributed by atoms with Gasteiger partial charge in [-0.05, 0) is 35.9 Å². The van der Waals surface area contributed by atoms with Gasteiger partial charge in [-0.15, -0.1) is 0 Å². The van der Waals surface area contributed by atoms with E-state index in [0.29, 0.717) is 17.9 Å². The smallest absolute Gasteiger partial charge is 0.131 e. The highest BCUT2D eigenvalue weighted by Crippen LogP contribution is 2.24. The van der Waals surface area contributed by atoms with Gasteiger partial charge < -0.3 is 15.2 Å². The molecule has 0 aromatic heterocycles. The minimum atomic E-state index is -0.0118. The second kappa shape index (κ2) is 6.43. The van der Waals surface area contributed by atoms with Gasteiger partial charge >= 0.3 is 0 Å². The van der Waals surface area contributed by atoms with Crippen molar-refractivity contribution in [2.45, 2.75) is 6.61 Å². The molecule has 2 rings (SSSR count). The van der Waals surface area contributed by atoms with E-state index in [0.717, 1.165) is 15.8 Å². The Labute approximate surface area is 126 Å². The summed E-state index contributed by atoms with van der Waals surface area (Å²) in [6.45, 7) is 0.403. The quantitative estimate of drug-likeness (QED) is 0.651. The first-order valence-corrected chi connectivity index (χ1v) is 6.79. The molecule has 0 atom stereocenters. The van der Waals surface area contributed by atoms with Gasteiger partial charge in [0.1, 0.15) is 23.9 Å². The van der Waals surface area contributed by atoms with Gasteiger partial charge in [-0.3, -0.25) is 5.41 Å². The first kappa shape index (κ1) is 14.4. The zero-order valence-corrected chi connectivity index (χ0v) is 12.6. The number of methoxy groups -OCH3 is 1. The van der Waals surface area contributed by atoms with Crippen LogP contribution >= 0.6 is 15.9 Å². The van der Waals surface area contributed by atoms with Crippen molar-refractivity contribution in [3.8, 4) is 11.5 Å². The van der Waals surface area contributed by atoms with E-state index in [2.05, 4.69) is 15.9 Å². The van der Waals surface area contributed by atoms with Crippen molar-refractivity contribution >= 4 is 21.8 Å². The molecule has 0 aliphatic heterocycles. The molecule has 0 aliphatic rings.